The summed E-state index contributed by atoms with van der Waals surface area (Å²) >= 11 is 0. The third kappa shape index (κ3) is 5.14. The van der Waals surface area contributed by atoms with Crippen LogP contribution in [0.2, 0.25) is 0 Å². The van der Waals surface area contributed by atoms with Gasteiger partial charge in [-0.05, 0) is 26.9 Å². The van der Waals surface area contributed by atoms with Crippen LogP contribution >= 0.6 is 0 Å². The molecule has 0 saturated carbocycles. The Morgan fingerprint density at radius 3 is 2.53 bits per heavy atom. The molecule has 0 unspecified atom stereocenters. The molecule has 0 aromatic carbocycles. The summed E-state index contributed by atoms with van der Waals surface area (Å²) in [5, 5.41) is 0. The first-order valence-corrected chi connectivity index (χ1v) is 5.79. The molecule has 1 fully saturated rings. The molecule has 0 aromatic rings. The van der Waals surface area contributed by atoms with Gasteiger partial charge < -0.3 is 14.5 Å². The normalized spacial score (nSPS) is 19.1. The minimum Gasteiger partial charge on any atom is -0.466 e. The van der Waals surface area contributed by atoms with E-state index < -0.39 is 0 Å². The van der Waals surface area contributed by atoms with Gasteiger partial charge in [0.25, 0.3) is 0 Å². The first kappa shape index (κ1) is 12.5. The Morgan fingerprint density at radius 1 is 1.27 bits per heavy atom. The third-order valence-electron chi connectivity index (χ3n) is 2.76. The predicted molar refractivity (Wildman–Crippen MR) is 59.8 cm³/mol. The lowest BCUT2D eigenvalue weighted by Crippen LogP contribution is -2.44. The summed E-state index contributed by atoms with van der Waals surface area (Å²) in [5.74, 6) is -0.0633. The van der Waals surface area contributed by atoms with Crippen molar-refractivity contribution in [1.82, 2.24) is 9.80 Å². The lowest BCUT2D eigenvalue weighted by atomic mass is 10.2. The number of rotatable bonds is 5. The third-order valence-corrected chi connectivity index (χ3v) is 2.76. The van der Waals surface area contributed by atoms with Crippen LogP contribution in [0, 0.1) is 0 Å². The Hall–Kier alpha value is -0.610. The van der Waals surface area contributed by atoms with Gasteiger partial charge in [-0.25, -0.2) is 0 Å². The molecule has 1 rings (SSSR count). The molecule has 1 aliphatic rings. The number of hydrogen-bond donors (Lipinski definition) is 0. The summed E-state index contributed by atoms with van der Waals surface area (Å²) in [4.78, 5) is 15.8. The highest BCUT2D eigenvalue weighted by Gasteiger charge is 2.13. The Kier molecular flexibility index (Phi) is 5.65. The molecule has 4 nitrogen and oxygen atoms in total. The SMILES string of the molecule is CCOC(=O)CCCN1CCN(C)CC1. The Balaban J connectivity index is 2.02. The van der Waals surface area contributed by atoms with Crippen LogP contribution in [0.5, 0.6) is 0 Å². The van der Waals surface area contributed by atoms with Crippen molar-refractivity contribution in [3.8, 4) is 0 Å². The van der Waals surface area contributed by atoms with Crippen LogP contribution in [0.1, 0.15) is 19.8 Å². The summed E-state index contributed by atoms with van der Waals surface area (Å²) in [5.41, 5.74) is 0. The zero-order chi connectivity index (χ0) is 11.1. The Morgan fingerprint density at radius 2 is 1.93 bits per heavy atom. The van der Waals surface area contributed by atoms with Crippen LogP contribution in [0.3, 0.4) is 0 Å². The summed E-state index contributed by atoms with van der Waals surface area (Å²) in [6.45, 7) is 7.88. The molecule has 0 N–H and O–H groups in total. The summed E-state index contributed by atoms with van der Waals surface area (Å²) < 4.78 is 4.88. The summed E-state index contributed by atoms with van der Waals surface area (Å²) in [7, 11) is 2.15. The molecule has 0 amide bonds. The molecule has 0 radical (unpaired) electrons. The number of esters is 1. The molecule has 0 aromatic heterocycles. The number of likely N-dealkylation sites (N-methyl/N-ethyl adjacent to an activating group) is 1. The molecule has 1 aliphatic heterocycles. The van der Waals surface area contributed by atoms with Crippen LogP contribution in [0.15, 0.2) is 0 Å². The maximum atomic E-state index is 11.1. The van der Waals surface area contributed by atoms with E-state index in [0.717, 1.165) is 39.1 Å². The van der Waals surface area contributed by atoms with Gasteiger partial charge in [-0.1, -0.05) is 0 Å². The molecule has 1 saturated heterocycles. The zero-order valence-electron chi connectivity index (χ0n) is 9.87. The molecule has 0 bridgehead atoms. The predicted octanol–water partition coefficient (Wildman–Crippen LogP) is 0.577. The van der Waals surface area contributed by atoms with Crippen LogP contribution in [-0.2, 0) is 9.53 Å². The zero-order valence-corrected chi connectivity index (χ0v) is 9.87. The van der Waals surface area contributed by atoms with E-state index in [1.807, 2.05) is 6.92 Å². The molecule has 88 valence electrons. The largest absolute Gasteiger partial charge is 0.466 e. The fourth-order valence-corrected chi connectivity index (χ4v) is 1.75. The fraction of sp³-hybridized carbons (Fsp3) is 0.909. The van der Waals surface area contributed by atoms with Crippen molar-refractivity contribution in [2.45, 2.75) is 19.8 Å². The summed E-state index contributed by atoms with van der Waals surface area (Å²) in [6, 6.07) is 0. The lowest BCUT2D eigenvalue weighted by molar-refractivity contribution is -0.143. The van der Waals surface area contributed by atoms with Gasteiger partial charge in [0.15, 0.2) is 0 Å². The highest BCUT2D eigenvalue weighted by atomic mass is 16.5. The number of carbonyl (C=O) groups excluding carboxylic acids is 1. The monoisotopic (exact) mass is 214 g/mol. The smallest absolute Gasteiger partial charge is 0.305 e. The van der Waals surface area contributed by atoms with Crippen molar-refractivity contribution >= 4 is 5.97 Å². The van der Waals surface area contributed by atoms with E-state index in [4.69, 9.17) is 4.74 Å². The second kappa shape index (κ2) is 6.80. The molecular formula is C11H22N2O2. The van der Waals surface area contributed by atoms with E-state index in [1.165, 1.54) is 0 Å². The second-order valence-electron chi connectivity index (χ2n) is 4.05. The van der Waals surface area contributed by atoms with Gasteiger partial charge >= 0.3 is 5.97 Å². The average molecular weight is 214 g/mol. The molecule has 1 heterocycles. The van der Waals surface area contributed by atoms with Gasteiger partial charge in [-0.2, -0.15) is 0 Å². The van der Waals surface area contributed by atoms with Gasteiger partial charge in [0, 0.05) is 32.6 Å². The number of carbonyl (C=O) groups is 1. The van der Waals surface area contributed by atoms with Crippen molar-refractivity contribution in [3.63, 3.8) is 0 Å². The van der Waals surface area contributed by atoms with E-state index >= 15 is 0 Å². The molecular weight excluding hydrogens is 192 g/mol. The van der Waals surface area contributed by atoms with E-state index in [9.17, 15) is 4.79 Å². The first-order valence-electron chi connectivity index (χ1n) is 5.79. The van der Waals surface area contributed by atoms with Gasteiger partial charge in [-0.3, -0.25) is 4.79 Å². The standard InChI is InChI=1S/C11H22N2O2/c1-3-15-11(14)5-4-6-13-9-7-12(2)8-10-13/h3-10H2,1-2H3. The highest BCUT2D eigenvalue weighted by molar-refractivity contribution is 5.69. The van der Waals surface area contributed by atoms with Crippen LogP contribution < -0.4 is 0 Å². The minimum absolute atomic E-state index is 0.0633. The first-order chi connectivity index (χ1) is 7.22. The van der Waals surface area contributed by atoms with Crippen LogP contribution in [0.4, 0.5) is 0 Å². The topological polar surface area (TPSA) is 32.8 Å². The van der Waals surface area contributed by atoms with Gasteiger partial charge in [0.05, 0.1) is 6.61 Å². The molecule has 0 aliphatic carbocycles. The number of nitrogens with zero attached hydrogens (tertiary/aromatic N) is 2. The van der Waals surface area contributed by atoms with Crippen molar-refractivity contribution in [2.75, 3.05) is 46.4 Å². The van der Waals surface area contributed by atoms with Crippen LogP contribution in [0.25, 0.3) is 0 Å². The molecule has 0 spiro atoms. The van der Waals surface area contributed by atoms with Crippen LogP contribution in [-0.4, -0.2) is 62.1 Å². The van der Waals surface area contributed by atoms with Gasteiger partial charge in [0.1, 0.15) is 0 Å². The van der Waals surface area contributed by atoms with Crippen molar-refractivity contribution in [3.05, 3.63) is 0 Å². The van der Waals surface area contributed by atoms with Crippen molar-refractivity contribution in [2.24, 2.45) is 0 Å². The average Bonchev–Trinajstić information content (AvgIpc) is 2.21. The molecule has 4 heteroatoms. The summed E-state index contributed by atoms with van der Waals surface area (Å²) in [6.07, 6.45) is 1.47. The molecule has 0 atom stereocenters. The van der Waals surface area contributed by atoms with E-state index in [0.29, 0.717) is 13.0 Å². The lowest BCUT2D eigenvalue weighted by Gasteiger charge is -2.32. The van der Waals surface area contributed by atoms with E-state index in [1.54, 1.807) is 0 Å². The van der Waals surface area contributed by atoms with Gasteiger partial charge in [-0.15, -0.1) is 0 Å². The Labute approximate surface area is 92.2 Å². The van der Waals surface area contributed by atoms with E-state index in [-0.39, 0.29) is 5.97 Å². The Bertz CT molecular complexity index is 189. The number of piperazine rings is 1. The fourth-order valence-electron chi connectivity index (χ4n) is 1.75. The van der Waals surface area contributed by atoms with Gasteiger partial charge in [0.2, 0.25) is 0 Å². The van der Waals surface area contributed by atoms with Crippen molar-refractivity contribution < 1.29 is 9.53 Å². The van der Waals surface area contributed by atoms with E-state index in [2.05, 4.69) is 16.8 Å². The quantitative estimate of drug-likeness (QED) is 0.627. The minimum atomic E-state index is -0.0633. The number of ether oxygens (including phenoxy) is 1. The second-order valence-corrected chi connectivity index (χ2v) is 4.05. The molecule has 15 heavy (non-hydrogen) atoms. The number of hydrogen-bond acceptors (Lipinski definition) is 4. The maximum Gasteiger partial charge on any atom is 0.305 e. The van der Waals surface area contributed by atoms with Crippen molar-refractivity contribution in [1.29, 1.82) is 0 Å². The highest BCUT2D eigenvalue weighted by Crippen LogP contribution is 2.02. The maximum absolute atomic E-state index is 11.1.